The number of halogens is 1. The molecule has 0 N–H and O–H groups in total. The Hall–Kier alpha value is -0.830. The normalized spacial score (nSPS) is 14.3. The van der Waals surface area contributed by atoms with Crippen LogP contribution in [0.25, 0.3) is 0 Å². The molecule has 4 heteroatoms. The highest BCUT2D eigenvalue weighted by atomic mass is 35.5. The van der Waals surface area contributed by atoms with Gasteiger partial charge in [-0.25, -0.2) is 4.98 Å². The van der Waals surface area contributed by atoms with E-state index in [0.29, 0.717) is 17.8 Å². The summed E-state index contributed by atoms with van der Waals surface area (Å²) >= 11 is 5.76. The highest BCUT2D eigenvalue weighted by Crippen LogP contribution is 2.28. The minimum Gasteiger partial charge on any atom is -0.478 e. The Labute approximate surface area is 82.1 Å². The summed E-state index contributed by atoms with van der Waals surface area (Å²) in [6, 6.07) is 0. The zero-order valence-electron chi connectivity index (χ0n) is 7.51. The Bertz CT molecular complexity index is 328. The number of hydrogen-bond donors (Lipinski definition) is 0. The largest absolute Gasteiger partial charge is 0.478 e. The van der Waals surface area contributed by atoms with Crippen molar-refractivity contribution < 1.29 is 4.74 Å². The maximum Gasteiger partial charge on any atom is 0.225 e. The van der Waals surface area contributed by atoms with E-state index in [0.717, 1.165) is 30.5 Å². The molecule has 0 radical (unpaired) electrons. The van der Waals surface area contributed by atoms with Crippen LogP contribution >= 0.6 is 11.6 Å². The van der Waals surface area contributed by atoms with Crippen LogP contribution in [0.3, 0.4) is 0 Å². The lowest BCUT2D eigenvalue weighted by molar-refractivity contribution is 0.322. The van der Waals surface area contributed by atoms with Crippen molar-refractivity contribution in [3.63, 3.8) is 0 Å². The molecule has 0 fully saturated rings. The lowest BCUT2D eigenvalue weighted by atomic mass is 10.2. The molecule has 3 nitrogen and oxygen atoms in total. The van der Waals surface area contributed by atoms with Gasteiger partial charge in [-0.1, -0.05) is 0 Å². The lowest BCUT2D eigenvalue weighted by Crippen LogP contribution is -2.01. The average molecular weight is 199 g/mol. The third-order valence-corrected chi connectivity index (χ3v) is 2.32. The SMILES string of the molecule is CCOc1nc(Cl)nc2c1CCC2. The smallest absolute Gasteiger partial charge is 0.225 e. The number of ether oxygens (including phenoxy) is 1. The van der Waals surface area contributed by atoms with Crippen LogP contribution < -0.4 is 4.74 Å². The monoisotopic (exact) mass is 198 g/mol. The molecular formula is C9H11ClN2O. The number of hydrogen-bond acceptors (Lipinski definition) is 3. The fourth-order valence-electron chi connectivity index (χ4n) is 1.63. The molecular weight excluding hydrogens is 188 g/mol. The van der Waals surface area contributed by atoms with E-state index in [-0.39, 0.29) is 0 Å². The van der Waals surface area contributed by atoms with Gasteiger partial charge in [-0.2, -0.15) is 4.98 Å². The van der Waals surface area contributed by atoms with Crippen LogP contribution in [-0.4, -0.2) is 16.6 Å². The zero-order valence-corrected chi connectivity index (χ0v) is 8.26. The second-order valence-corrected chi connectivity index (χ2v) is 3.35. The van der Waals surface area contributed by atoms with E-state index in [2.05, 4.69) is 9.97 Å². The van der Waals surface area contributed by atoms with E-state index in [9.17, 15) is 0 Å². The van der Waals surface area contributed by atoms with E-state index in [1.807, 2.05) is 6.92 Å². The van der Waals surface area contributed by atoms with Crippen LogP contribution in [0.15, 0.2) is 0 Å². The third-order valence-electron chi connectivity index (χ3n) is 2.15. The summed E-state index contributed by atoms with van der Waals surface area (Å²) in [5.41, 5.74) is 2.20. The van der Waals surface area contributed by atoms with Crippen molar-refractivity contribution in [3.05, 3.63) is 16.5 Å². The van der Waals surface area contributed by atoms with Crippen molar-refractivity contribution in [2.45, 2.75) is 26.2 Å². The first-order chi connectivity index (χ1) is 6.31. The van der Waals surface area contributed by atoms with Gasteiger partial charge < -0.3 is 4.74 Å². The van der Waals surface area contributed by atoms with Gasteiger partial charge in [0.15, 0.2) is 0 Å². The van der Waals surface area contributed by atoms with Gasteiger partial charge in [0.05, 0.1) is 12.3 Å². The van der Waals surface area contributed by atoms with Gasteiger partial charge in [-0.05, 0) is 37.8 Å². The van der Waals surface area contributed by atoms with Gasteiger partial charge in [0.2, 0.25) is 11.2 Å². The van der Waals surface area contributed by atoms with Gasteiger partial charge in [-0.15, -0.1) is 0 Å². The molecule has 1 aliphatic carbocycles. The number of aryl methyl sites for hydroxylation is 1. The van der Waals surface area contributed by atoms with E-state index >= 15 is 0 Å². The molecule has 0 aromatic carbocycles. The number of nitrogens with zero attached hydrogens (tertiary/aromatic N) is 2. The van der Waals surface area contributed by atoms with Crippen LogP contribution in [0, 0.1) is 0 Å². The lowest BCUT2D eigenvalue weighted by Gasteiger charge is -2.06. The minimum atomic E-state index is 0.295. The van der Waals surface area contributed by atoms with Crippen LogP contribution in [0.5, 0.6) is 5.88 Å². The topological polar surface area (TPSA) is 35.0 Å². The minimum absolute atomic E-state index is 0.295. The van der Waals surface area contributed by atoms with E-state index in [1.54, 1.807) is 0 Å². The summed E-state index contributed by atoms with van der Waals surface area (Å²) < 4.78 is 5.39. The second-order valence-electron chi connectivity index (χ2n) is 3.01. The summed E-state index contributed by atoms with van der Waals surface area (Å²) in [6.07, 6.45) is 3.14. The Morgan fingerprint density at radius 3 is 3.00 bits per heavy atom. The molecule has 0 atom stereocenters. The summed E-state index contributed by atoms with van der Waals surface area (Å²) in [7, 11) is 0. The fourth-order valence-corrected chi connectivity index (χ4v) is 1.80. The van der Waals surface area contributed by atoms with E-state index in [1.165, 1.54) is 0 Å². The van der Waals surface area contributed by atoms with Crippen LogP contribution in [0.2, 0.25) is 5.28 Å². The van der Waals surface area contributed by atoms with Gasteiger partial charge in [-0.3, -0.25) is 0 Å². The first-order valence-electron chi connectivity index (χ1n) is 4.49. The Morgan fingerprint density at radius 1 is 1.38 bits per heavy atom. The van der Waals surface area contributed by atoms with Crippen LogP contribution in [0.4, 0.5) is 0 Å². The van der Waals surface area contributed by atoms with Gasteiger partial charge in [0, 0.05) is 5.56 Å². The van der Waals surface area contributed by atoms with Crippen molar-refractivity contribution in [1.29, 1.82) is 0 Å². The molecule has 1 aromatic rings. The first kappa shape index (κ1) is 8.75. The quantitative estimate of drug-likeness (QED) is 0.682. The molecule has 13 heavy (non-hydrogen) atoms. The predicted molar refractivity (Wildman–Crippen MR) is 50.2 cm³/mol. The van der Waals surface area contributed by atoms with Crippen molar-refractivity contribution in [2.75, 3.05) is 6.61 Å². The Balaban J connectivity index is 2.43. The summed E-state index contributed by atoms with van der Waals surface area (Å²) in [5, 5.41) is 0.295. The van der Waals surface area contributed by atoms with Gasteiger partial charge in [0.1, 0.15) is 0 Å². The van der Waals surface area contributed by atoms with Crippen LogP contribution in [0.1, 0.15) is 24.6 Å². The molecule has 0 saturated heterocycles. The molecule has 0 unspecified atom stereocenters. The molecule has 0 spiro atoms. The molecule has 0 amide bonds. The number of aromatic nitrogens is 2. The zero-order chi connectivity index (χ0) is 9.26. The number of rotatable bonds is 2. The van der Waals surface area contributed by atoms with Crippen molar-refractivity contribution in [2.24, 2.45) is 0 Å². The van der Waals surface area contributed by atoms with Crippen molar-refractivity contribution in [1.82, 2.24) is 9.97 Å². The third kappa shape index (κ3) is 1.61. The molecule has 1 aliphatic rings. The number of fused-ring (bicyclic) bond motifs is 1. The fraction of sp³-hybridized carbons (Fsp3) is 0.556. The molecule has 0 bridgehead atoms. The first-order valence-corrected chi connectivity index (χ1v) is 4.87. The summed E-state index contributed by atoms with van der Waals surface area (Å²) in [6.45, 7) is 2.57. The summed E-state index contributed by atoms with van der Waals surface area (Å²) in [4.78, 5) is 8.24. The van der Waals surface area contributed by atoms with Gasteiger partial charge in [0.25, 0.3) is 0 Å². The summed E-state index contributed by atoms with van der Waals surface area (Å²) in [5.74, 6) is 0.676. The maximum atomic E-state index is 5.76. The molecule has 0 aliphatic heterocycles. The Morgan fingerprint density at radius 2 is 2.23 bits per heavy atom. The van der Waals surface area contributed by atoms with Crippen molar-refractivity contribution >= 4 is 11.6 Å². The molecule has 1 heterocycles. The average Bonchev–Trinajstić information content (AvgIpc) is 2.52. The highest BCUT2D eigenvalue weighted by Gasteiger charge is 2.19. The molecule has 0 saturated carbocycles. The molecule has 1 aromatic heterocycles. The van der Waals surface area contributed by atoms with E-state index in [4.69, 9.17) is 16.3 Å². The van der Waals surface area contributed by atoms with E-state index < -0.39 is 0 Å². The standard InChI is InChI=1S/C9H11ClN2O/c1-2-13-8-6-4-3-5-7(6)11-9(10)12-8/h2-5H2,1H3. The highest BCUT2D eigenvalue weighted by molar-refractivity contribution is 6.28. The van der Waals surface area contributed by atoms with Crippen molar-refractivity contribution in [3.8, 4) is 5.88 Å². The second kappa shape index (κ2) is 3.50. The Kier molecular flexibility index (Phi) is 2.36. The maximum absolute atomic E-state index is 5.76. The van der Waals surface area contributed by atoms with Crippen LogP contribution in [-0.2, 0) is 12.8 Å². The van der Waals surface area contributed by atoms with Gasteiger partial charge >= 0.3 is 0 Å². The molecule has 2 rings (SSSR count). The molecule has 70 valence electrons. The predicted octanol–water partition coefficient (Wildman–Crippen LogP) is 2.02.